The summed E-state index contributed by atoms with van der Waals surface area (Å²) in [4.78, 5) is 0. The lowest BCUT2D eigenvalue weighted by atomic mass is 9.82. The molecule has 0 aliphatic heterocycles. The van der Waals surface area contributed by atoms with Crippen molar-refractivity contribution in [1.29, 1.82) is 0 Å². The summed E-state index contributed by atoms with van der Waals surface area (Å²) in [5.41, 5.74) is 5.62. The second-order valence-electron chi connectivity index (χ2n) is 4.98. The van der Waals surface area contributed by atoms with E-state index in [-0.39, 0.29) is 5.41 Å². The Kier molecular flexibility index (Phi) is 2.50. The Bertz CT molecular complexity index is 612. The van der Waals surface area contributed by atoms with E-state index >= 15 is 0 Å². The third-order valence-corrected chi connectivity index (χ3v) is 5.47. The zero-order valence-corrected chi connectivity index (χ0v) is 12.9. The van der Waals surface area contributed by atoms with Crippen molar-refractivity contribution in [3.63, 3.8) is 0 Å². The van der Waals surface area contributed by atoms with E-state index in [4.69, 9.17) is 0 Å². The van der Waals surface area contributed by atoms with E-state index in [1.165, 1.54) is 22.3 Å². The van der Waals surface area contributed by atoms with Crippen molar-refractivity contribution in [2.24, 2.45) is 0 Å². The fraction of sp³-hybridized carbons (Fsp3) is 0.200. The van der Waals surface area contributed by atoms with E-state index < -0.39 is 0 Å². The quantitative estimate of drug-likeness (QED) is 0.586. The van der Waals surface area contributed by atoms with Gasteiger partial charge in [-0.25, -0.2) is 0 Å². The Hall–Kier alpha value is -0.600. The molecule has 0 saturated carbocycles. The summed E-state index contributed by atoms with van der Waals surface area (Å²) in [5, 5.41) is 0. The minimum atomic E-state index is 0.0924. The standard InChI is InChI=1S/C15H12Br2/c1-15(2)11-6-4-3-5-9(11)10-7-13(16)14(17)8-12(10)15/h3-8H,1-2H3. The van der Waals surface area contributed by atoms with Gasteiger partial charge in [-0.05, 0) is 66.2 Å². The average molecular weight is 352 g/mol. The van der Waals surface area contributed by atoms with E-state index in [9.17, 15) is 0 Å². The lowest BCUT2D eigenvalue weighted by Crippen LogP contribution is -2.14. The molecule has 0 saturated heterocycles. The van der Waals surface area contributed by atoms with Crippen molar-refractivity contribution in [3.05, 3.63) is 56.5 Å². The molecule has 0 N–H and O–H groups in total. The second kappa shape index (κ2) is 3.69. The van der Waals surface area contributed by atoms with Crippen molar-refractivity contribution in [3.8, 4) is 11.1 Å². The minimum Gasteiger partial charge on any atom is -0.0619 e. The predicted molar refractivity (Wildman–Crippen MR) is 79.4 cm³/mol. The highest BCUT2D eigenvalue weighted by Crippen LogP contribution is 2.50. The predicted octanol–water partition coefficient (Wildman–Crippen LogP) is 5.52. The van der Waals surface area contributed by atoms with Gasteiger partial charge in [0.2, 0.25) is 0 Å². The van der Waals surface area contributed by atoms with Crippen molar-refractivity contribution in [2.75, 3.05) is 0 Å². The monoisotopic (exact) mass is 350 g/mol. The highest BCUT2D eigenvalue weighted by Gasteiger charge is 2.35. The van der Waals surface area contributed by atoms with Crippen LogP contribution in [0.2, 0.25) is 0 Å². The number of hydrogen-bond donors (Lipinski definition) is 0. The third-order valence-electron chi connectivity index (χ3n) is 3.62. The average Bonchev–Trinajstić information content (AvgIpc) is 2.51. The molecule has 0 atom stereocenters. The SMILES string of the molecule is CC1(C)c2ccccc2-c2cc(Br)c(Br)cc21. The van der Waals surface area contributed by atoms with Crippen LogP contribution in [0.4, 0.5) is 0 Å². The first kappa shape index (κ1) is 11.5. The van der Waals surface area contributed by atoms with Gasteiger partial charge in [-0.2, -0.15) is 0 Å². The molecule has 17 heavy (non-hydrogen) atoms. The molecule has 0 fully saturated rings. The molecule has 0 unspecified atom stereocenters. The maximum Gasteiger partial charge on any atom is 0.0323 e. The van der Waals surface area contributed by atoms with Crippen LogP contribution in [-0.2, 0) is 5.41 Å². The number of halogens is 2. The van der Waals surface area contributed by atoms with Gasteiger partial charge in [0.15, 0.2) is 0 Å². The summed E-state index contributed by atoms with van der Waals surface area (Å²) < 4.78 is 2.24. The molecule has 86 valence electrons. The van der Waals surface area contributed by atoms with Crippen LogP contribution >= 0.6 is 31.9 Å². The van der Waals surface area contributed by atoms with Crippen LogP contribution in [0.25, 0.3) is 11.1 Å². The molecule has 1 aliphatic carbocycles. The molecule has 2 aromatic carbocycles. The van der Waals surface area contributed by atoms with E-state index in [0.29, 0.717) is 0 Å². The second-order valence-corrected chi connectivity index (χ2v) is 6.69. The van der Waals surface area contributed by atoms with Crippen LogP contribution in [0.3, 0.4) is 0 Å². The molecular formula is C15H12Br2. The van der Waals surface area contributed by atoms with Crippen molar-refractivity contribution in [1.82, 2.24) is 0 Å². The van der Waals surface area contributed by atoms with Gasteiger partial charge in [0.25, 0.3) is 0 Å². The molecule has 0 radical (unpaired) electrons. The van der Waals surface area contributed by atoms with Crippen molar-refractivity contribution < 1.29 is 0 Å². The zero-order valence-electron chi connectivity index (χ0n) is 9.72. The van der Waals surface area contributed by atoms with Gasteiger partial charge in [-0.1, -0.05) is 38.1 Å². The zero-order chi connectivity index (χ0) is 12.2. The van der Waals surface area contributed by atoms with Gasteiger partial charge in [0.05, 0.1) is 0 Å². The highest BCUT2D eigenvalue weighted by molar-refractivity contribution is 9.13. The number of fused-ring (bicyclic) bond motifs is 3. The molecule has 0 heterocycles. The largest absolute Gasteiger partial charge is 0.0619 e. The molecule has 2 heteroatoms. The fourth-order valence-corrected chi connectivity index (χ4v) is 3.38. The molecule has 0 nitrogen and oxygen atoms in total. The van der Waals surface area contributed by atoms with Crippen LogP contribution in [0, 0.1) is 0 Å². The van der Waals surface area contributed by atoms with E-state index in [1.54, 1.807) is 0 Å². The summed E-state index contributed by atoms with van der Waals surface area (Å²) in [7, 11) is 0. The number of hydrogen-bond acceptors (Lipinski definition) is 0. The normalized spacial score (nSPS) is 15.5. The summed E-state index contributed by atoms with van der Waals surface area (Å²) in [6.45, 7) is 4.58. The molecule has 0 bridgehead atoms. The Balaban J connectivity index is 2.40. The molecule has 2 aromatic rings. The summed E-state index contributed by atoms with van der Waals surface area (Å²) >= 11 is 7.19. The topological polar surface area (TPSA) is 0 Å². The maximum atomic E-state index is 3.60. The molecule has 0 spiro atoms. The van der Waals surface area contributed by atoms with Gasteiger partial charge in [-0.3, -0.25) is 0 Å². The Morgan fingerprint density at radius 3 is 2.24 bits per heavy atom. The summed E-state index contributed by atoms with van der Waals surface area (Å²) in [5.74, 6) is 0. The van der Waals surface area contributed by atoms with Crippen LogP contribution in [0.1, 0.15) is 25.0 Å². The molecule has 3 rings (SSSR count). The number of benzene rings is 2. The van der Waals surface area contributed by atoms with Gasteiger partial charge in [0, 0.05) is 14.4 Å². The maximum absolute atomic E-state index is 3.60. The van der Waals surface area contributed by atoms with Gasteiger partial charge in [-0.15, -0.1) is 0 Å². The lowest BCUT2D eigenvalue weighted by molar-refractivity contribution is 0.660. The smallest absolute Gasteiger partial charge is 0.0323 e. The van der Waals surface area contributed by atoms with E-state index in [2.05, 4.69) is 82.1 Å². The summed E-state index contributed by atoms with van der Waals surface area (Å²) in [6.07, 6.45) is 0. The summed E-state index contributed by atoms with van der Waals surface area (Å²) in [6, 6.07) is 13.1. The Labute approximate surface area is 118 Å². The van der Waals surface area contributed by atoms with Crippen molar-refractivity contribution in [2.45, 2.75) is 19.3 Å². The molecule has 1 aliphatic rings. The Morgan fingerprint density at radius 2 is 1.47 bits per heavy atom. The highest BCUT2D eigenvalue weighted by atomic mass is 79.9. The fourth-order valence-electron chi connectivity index (χ4n) is 2.69. The van der Waals surface area contributed by atoms with Crippen LogP contribution in [0.15, 0.2) is 45.3 Å². The Morgan fingerprint density at radius 1 is 0.824 bits per heavy atom. The first-order chi connectivity index (χ1) is 8.01. The molecule has 0 amide bonds. The van der Waals surface area contributed by atoms with Gasteiger partial charge < -0.3 is 0 Å². The third kappa shape index (κ3) is 1.54. The van der Waals surface area contributed by atoms with E-state index in [0.717, 1.165) is 8.95 Å². The van der Waals surface area contributed by atoms with Crippen molar-refractivity contribution >= 4 is 31.9 Å². The van der Waals surface area contributed by atoms with Crippen LogP contribution < -0.4 is 0 Å². The van der Waals surface area contributed by atoms with Gasteiger partial charge in [0.1, 0.15) is 0 Å². The van der Waals surface area contributed by atoms with E-state index in [1.807, 2.05) is 0 Å². The van der Waals surface area contributed by atoms with Crippen LogP contribution in [-0.4, -0.2) is 0 Å². The molecular weight excluding hydrogens is 340 g/mol. The first-order valence-electron chi connectivity index (χ1n) is 5.61. The molecule has 0 aromatic heterocycles. The number of rotatable bonds is 0. The van der Waals surface area contributed by atoms with Crippen LogP contribution in [0.5, 0.6) is 0 Å². The van der Waals surface area contributed by atoms with Gasteiger partial charge >= 0.3 is 0 Å². The minimum absolute atomic E-state index is 0.0924. The first-order valence-corrected chi connectivity index (χ1v) is 7.20. The lowest BCUT2D eigenvalue weighted by Gasteiger charge is -2.21.